The number of ether oxygens (including phenoxy) is 1. The summed E-state index contributed by atoms with van der Waals surface area (Å²) in [7, 11) is 1.39. The fourth-order valence-electron chi connectivity index (χ4n) is 3.87. The Morgan fingerprint density at radius 3 is 2.83 bits per heavy atom. The van der Waals surface area contributed by atoms with E-state index in [-0.39, 0.29) is 11.9 Å². The lowest BCUT2D eigenvalue weighted by molar-refractivity contribution is -0.140. The van der Waals surface area contributed by atoms with Crippen molar-refractivity contribution in [3.8, 4) is 0 Å². The molecule has 3 aromatic rings. The van der Waals surface area contributed by atoms with Crippen LogP contribution in [0.3, 0.4) is 0 Å². The molecule has 5 nitrogen and oxygen atoms in total. The van der Waals surface area contributed by atoms with Crippen molar-refractivity contribution in [1.29, 1.82) is 0 Å². The lowest BCUT2D eigenvalue weighted by Crippen LogP contribution is -2.26. The maximum Gasteiger partial charge on any atom is 0.305 e. The predicted octanol–water partition coefficient (Wildman–Crippen LogP) is 4.86. The molecule has 0 spiro atoms. The SMILES string of the molecule is COC(=O)CCCCNC(=O)c1c2c(nc3ccccc13)/C(=C\c1cccs1)CC2. The second-order valence-electron chi connectivity index (χ2n) is 7.31. The van der Waals surface area contributed by atoms with Crippen LogP contribution in [-0.2, 0) is 16.0 Å². The van der Waals surface area contributed by atoms with Gasteiger partial charge in [0, 0.05) is 23.2 Å². The molecule has 0 radical (unpaired) electrons. The van der Waals surface area contributed by atoms with Gasteiger partial charge < -0.3 is 10.1 Å². The maximum atomic E-state index is 13.1. The molecular weight excluding hydrogens is 396 g/mol. The van der Waals surface area contributed by atoms with Gasteiger partial charge in [-0.15, -0.1) is 11.3 Å². The number of carbonyl (C=O) groups excluding carboxylic acids is 2. The number of rotatable bonds is 7. The minimum atomic E-state index is -0.218. The molecule has 6 heteroatoms. The third kappa shape index (κ3) is 4.28. The quantitative estimate of drug-likeness (QED) is 0.438. The van der Waals surface area contributed by atoms with Crippen LogP contribution in [0.4, 0.5) is 0 Å². The summed E-state index contributed by atoms with van der Waals surface area (Å²) in [6, 6.07) is 12.0. The highest BCUT2D eigenvalue weighted by Gasteiger charge is 2.26. The van der Waals surface area contributed by atoms with Crippen molar-refractivity contribution >= 4 is 45.8 Å². The molecular formula is C24H24N2O3S. The first-order valence-electron chi connectivity index (χ1n) is 10.2. The van der Waals surface area contributed by atoms with Crippen LogP contribution >= 0.6 is 11.3 Å². The molecule has 0 bridgehead atoms. The summed E-state index contributed by atoms with van der Waals surface area (Å²) in [5.74, 6) is -0.287. The van der Waals surface area contributed by atoms with E-state index in [0.717, 1.165) is 47.0 Å². The van der Waals surface area contributed by atoms with E-state index in [2.05, 4.69) is 27.6 Å². The molecule has 154 valence electrons. The summed E-state index contributed by atoms with van der Waals surface area (Å²) in [6.07, 6.45) is 5.68. The number of pyridine rings is 1. The van der Waals surface area contributed by atoms with Gasteiger partial charge >= 0.3 is 5.97 Å². The average Bonchev–Trinajstić information content (AvgIpc) is 3.42. The Balaban J connectivity index is 1.60. The van der Waals surface area contributed by atoms with Crippen molar-refractivity contribution in [3.63, 3.8) is 0 Å². The first kappa shape index (κ1) is 20.3. The van der Waals surface area contributed by atoms with Crippen LogP contribution in [0, 0.1) is 0 Å². The van der Waals surface area contributed by atoms with Crippen LogP contribution in [0.1, 0.15) is 52.2 Å². The number of aromatic nitrogens is 1. The van der Waals surface area contributed by atoms with Crippen LogP contribution in [0.25, 0.3) is 22.6 Å². The van der Waals surface area contributed by atoms with Gasteiger partial charge in [-0.3, -0.25) is 9.59 Å². The van der Waals surface area contributed by atoms with Crippen LogP contribution < -0.4 is 5.32 Å². The number of hydrogen-bond donors (Lipinski definition) is 1. The lowest BCUT2D eigenvalue weighted by Gasteiger charge is -2.13. The van der Waals surface area contributed by atoms with Crippen molar-refractivity contribution in [3.05, 3.63) is 63.5 Å². The fraction of sp³-hybridized carbons (Fsp3) is 0.292. The van der Waals surface area contributed by atoms with Crippen LogP contribution in [0.15, 0.2) is 41.8 Å². The first-order chi connectivity index (χ1) is 14.7. The van der Waals surface area contributed by atoms with Crippen molar-refractivity contribution in [2.24, 2.45) is 0 Å². The second-order valence-corrected chi connectivity index (χ2v) is 8.28. The van der Waals surface area contributed by atoms with E-state index < -0.39 is 0 Å². The van der Waals surface area contributed by atoms with E-state index in [1.807, 2.05) is 30.3 Å². The van der Waals surface area contributed by atoms with E-state index in [4.69, 9.17) is 4.98 Å². The number of esters is 1. The molecule has 4 rings (SSSR count). The molecule has 0 atom stereocenters. The highest BCUT2D eigenvalue weighted by Crippen LogP contribution is 2.37. The Kier molecular flexibility index (Phi) is 6.23. The first-order valence-corrected chi connectivity index (χ1v) is 11.1. The summed E-state index contributed by atoms with van der Waals surface area (Å²) in [6.45, 7) is 0.527. The Hall–Kier alpha value is -2.99. The number of benzene rings is 1. The van der Waals surface area contributed by atoms with Crippen LogP contribution in [0.5, 0.6) is 0 Å². The molecule has 0 saturated heterocycles. The Morgan fingerprint density at radius 1 is 1.17 bits per heavy atom. The number of unbranched alkanes of at least 4 members (excludes halogenated alkanes) is 1. The van der Waals surface area contributed by atoms with Gasteiger partial charge in [-0.1, -0.05) is 24.3 Å². The number of nitrogens with one attached hydrogen (secondary N) is 1. The molecule has 2 heterocycles. The fourth-order valence-corrected chi connectivity index (χ4v) is 4.55. The number of fused-ring (bicyclic) bond motifs is 2. The molecule has 1 amide bonds. The standard InChI is InChI=1S/C24H24N2O3S/c1-29-21(27)10-4-5-13-25-24(28)22-18-8-2-3-9-20(18)26-23-16(11-12-19(22)23)15-17-7-6-14-30-17/h2-3,6-9,14-15H,4-5,10-13H2,1H3,(H,25,28)/b16-15-. The minimum Gasteiger partial charge on any atom is -0.469 e. The number of thiophene rings is 1. The van der Waals surface area contributed by atoms with E-state index in [0.29, 0.717) is 19.4 Å². The molecule has 1 aliphatic rings. The number of methoxy groups -OCH3 is 1. The third-order valence-corrected chi connectivity index (χ3v) is 6.17. The van der Waals surface area contributed by atoms with Crippen LogP contribution in [-0.4, -0.2) is 30.5 Å². The summed E-state index contributed by atoms with van der Waals surface area (Å²) >= 11 is 1.70. The van der Waals surface area contributed by atoms with Crippen molar-refractivity contribution in [2.75, 3.05) is 13.7 Å². The highest BCUT2D eigenvalue weighted by atomic mass is 32.1. The zero-order chi connectivity index (χ0) is 20.9. The number of para-hydroxylation sites is 1. The molecule has 1 N–H and O–H groups in total. The Labute approximate surface area is 179 Å². The van der Waals surface area contributed by atoms with Crippen LogP contribution in [0.2, 0.25) is 0 Å². The third-order valence-electron chi connectivity index (χ3n) is 5.35. The van der Waals surface area contributed by atoms with Gasteiger partial charge in [-0.05, 0) is 60.4 Å². The topological polar surface area (TPSA) is 68.3 Å². The normalized spacial score (nSPS) is 14.1. The molecule has 1 aliphatic carbocycles. The summed E-state index contributed by atoms with van der Waals surface area (Å²) in [4.78, 5) is 30.5. The van der Waals surface area contributed by atoms with Gasteiger partial charge in [0.05, 0.1) is 23.9 Å². The van der Waals surface area contributed by atoms with Gasteiger partial charge in [0.2, 0.25) is 0 Å². The summed E-state index contributed by atoms with van der Waals surface area (Å²) in [5, 5.41) is 5.99. The smallest absolute Gasteiger partial charge is 0.305 e. The highest BCUT2D eigenvalue weighted by molar-refractivity contribution is 7.10. The monoisotopic (exact) mass is 420 g/mol. The summed E-state index contributed by atoms with van der Waals surface area (Å²) < 4.78 is 4.66. The number of carbonyl (C=O) groups is 2. The van der Waals surface area contributed by atoms with E-state index in [1.54, 1.807) is 11.3 Å². The van der Waals surface area contributed by atoms with Crippen molar-refractivity contribution in [2.45, 2.75) is 32.1 Å². The molecule has 1 aromatic carbocycles. The summed E-state index contributed by atoms with van der Waals surface area (Å²) in [5.41, 5.74) is 4.73. The number of allylic oxidation sites excluding steroid dienone is 1. The molecule has 2 aromatic heterocycles. The molecule has 30 heavy (non-hydrogen) atoms. The van der Waals surface area contributed by atoms with E-state index >= 15 is 0 Å². The minimum absolute atomic E-state index is 0.0692. The zero-order valence-electron chi connectivity index (χ0n) is 16.9. The lowest BCUT2D eigenvalue weighted by atomic mass is 10.00. The second kappa shape index (κ2) is 9.22. The van der Waals surface area contributed by atoms with Gasteiger partial charge in [-0.2, -0.15) is 0 Å². The van der Waals surface area contributed by atoms with Gasteiger partial charge in [-0.25, -0.2) is 4.98 Å². The van der Waals surface area contributed by atoms with Crippen molar-refractivity contribution < 1.29 is 14.3 Å². The predicted molar refractivity (Wildman–Crippen MR) is 120 cm³/mol. The largest absolute Gasteiger partial charge is 0.469 e. The number of nitrogens with zero attached hydrogens (tertiary/aromatic N) is 1. The number of hydrogen-bond acceptors (Lipinski definition) is 5. The van der Waals surface area contributed by atoms with Gasteiger partial charge in [0.15, 0.2) is 0 Å². The zero-order valence-corrected chi connectivity index (χ0v) is 17.8. The van der Waals surface area contributed by atoms with E-state index in [9.17, 15) is 9.59 Å². The maximum absolute atomic E-state index is 13.1. The molecule has 0 saturated carbocycles. The van der Waals surface area contributed by atoms with Crippen molar-refractivity contribution in [1.82, 2.24) is 10.3 Å². The Morgan fingerprint density at radius 2 is 2.03 bits per heavy atom. The van der Waals surface area contributed by atoms with Gasteiger partial charge in [0.1, 0.15) is 0 Å². The van der Waals surface area contributed by atoms with E-state index in [1.165, 1.54) is 17.6 Å². The average molecular weight is 421 g/mol. The molecule has 0 unspecified atom stereocenters. The molecule has 0 aliphatic heterocycles. The van der Waals surface area contributed by atoms with Gasteiger partial charge in [0.25, 0.3) is 5.91 Å². The Bertz CT molecular complexity index is 1100. The number of amides is 1. The molecule has 0 fully saturated rings.